The van der Waals surface area contributed by atoms with E-state index in [2.05, 4.69) is 31.3 Å². The lowest BCUT2D eigenvalue weighted by molar-refractivity contribution is 0.544. The second-order valence-electron chi connectivity index (χ2n) is 8.10. The van der Waals surface area contributed by atoms with Gasteiger partial charge in [-0.15, -0.1) is 0 Å². The number of allylic oxidation sites excluding steroid dienone is 1. The molecular formula is C25H51N. The Bertz CT molecular complexity index is 259. The molecule has 0 aromatic rings. The van der Waals surface area contributed by atoms with Gasteiger partial charge in [0.1, 0.15) is 0 Å². The van der Waals surface area contributed by atoms with Crippen molar-refractivity contribution in [2.75, 3.05) is 13.1 Å². The summed E-state index contributed by atoms with van der Waals surface area (Å²) in [6.45, 7) is 6.95. The van der Waals surface area contributed by atoms with E-state index in [4.69, 9.17) is 0 Å². The average molecular weight is 366 g/mol. The maximum absolute atomic E-state index is 3.59. The lowest BCUT2D eigenvalue weighted by Crippen LogP contribution is -2.15. The molecule has 1 N–H and O–H groups in total. The summed E-state index contributed by atoms with van der Waals surface area (Å²) in [6, 6.07) is 0. The third kappa shape index (κ3) is 23.7. The first-order chi connectivity index (χ1) is 12.9. The second kappa shape index (κ2) is 24.7. The van der Waals surface area contributed by atoms with Crippen LogP contribution in [0.3, 0.4) is 0 Å². The summed E-state index contributed by atoms with van der Waals surface area (Å²) in [7, 11) is 0. The predicted molar refractivity (Wildman–Crippen MR) is 121 cm³/mol. The predicted octanol–water partition coefficient (Wildman–Crippen LogP) is 8.58. The molecule has 0 aromatic carbocycles. The van der Waals surface area contributed by atoms with Crippen molar-refractivity contribution < 1.29 is 0 Å². The van der Waals surface area contributed by atoms with Crippen LogP contribution in [0.15, 0.2) is 12.2 Å². The molecule has 0 aliphatic carbocycles. The van der Waals surface area contributed by atoms with Crippen LogP contribution in [0.1, 0.15) is 136 Å². The number of hydrogen-bond donors (Lipinski definition) is 1. The Labute approximate surface area is 166 Å². The first-order valence-electron chi connectivity index (χ1n) is 12.3. The van der Waals surface area contributed by atoms with E-state index in [1.165, 1.54) is 129 Å². The molecule has 0 unspecified atom stereocenters. The molecule has 0 bridgehead atoms. The van der Waals surface area contributed by atoms with Crippen LogP contribution < -0.4 is 5.32 Å². The zero-order valence-electron chi connectivity index (χ0n) is 18.5. The van der Waals surface area contributed by atoms with Gasteiger partial charge < -0.3 is 5.32 Å². The number of rotatable bonds is 22. The summed E-state index contributed by atoms with van der Waals surface area (Å²) in [4.78, 5) is 0. The van der Waals surface area contributed by atoms with Crippen molar-refractivity contribution in [1.29, 1.82) is 0 Å². The summed E-state index contributed by atoms with van der Waals surface area (Å²) in [5.41, 5.74) is 0. The maximum atomic E-state index is 3.59. The molecule has 0 heterocycles. The molecule has 0 rings (SSSR count). The van der Waals surface area contributed by atoms with E-state index < -0.39 is 0 Å². The summed E-state index contributed by atoms with van der Waals surface area (Å²) >= 11 is 0. The van der Waals surface area contributed by atoms with Crippen LogP contribution in [0.25, 0.3) is 0 Å². The summed E-state index contributed by atoms with van der Waals surface area (Å²) < 4.78 is 0. The van der Waals surface area contributed by atoms with Crippen molar-refractivity contribution in [3.63, 3.8) is 0 Å². The van der Waals surface area contributed by atoms with Gasteiger partial charge in [0.15, 0.2) is 0 Å². The highest BCUT2D eigenvalue weighted by Gasteiger charge is 1.93. The van der Waals surface area contributed by atoms with E-state index in [1.807, 2.05) is 0 Å². The van der Waals surface area contributed by atoms with E-state index in [0.29, 0.717) is 0 Å². The van der Waals surface area contributed by atoms with Gasteiger partial charge in [-0.25, -0.2) is 0 Å². The van der Waals surface area contributed by atoms with Gasteiger partial charge >= 0.3 is 0 Å². The van der Waals surface area contributed by atoms with Crippen molar-refractivity contribution >= 4 is 0 Å². The molecular weight excluding hydrogens is 314 g/mol. The van der Waals surface area contributed by atoms with Gasteiger partial charge in [0.25, 0.3) is 0 Å². The Kier molecular flexibility index (Phi) is 24.4. The molecule has 1 heteroatoms. The Morgan fingerprint density at radius 1 is 0.423 bits per heavy atom. The van der Waals surface area contributed by atoms with E-state index >= 15 is 0 Å². The average Bonchev–Trinajstić information content (AvgIpc) is 2.66. The van der Waals surface area contributed by atoms with Crippen molar-refractivity contribution in [2.24, 2.45) is 0 Å². The zero-order chi connectivity index (χ0) is 19.0. The minimum atomic E-state index is 1.16. The van der Waals surface area contributed by atoms with Gasteiger partial charge in [-0.05, 0) is 38.8 Å². The van der Waals surface area contributed by atoms with Gasteiger partial charge in [-0.2, -0.15) is 0 Å². The third-order valence-electron chi connectivity index (χ3n) is 5.34. The molecule has 0 saturated heterocycles. The molecule has 0 aliphatic heterocycles. The highest BCUT2D eigenvalue weighted by atomic mass is 14.8. The van der Waals surface area contributed by atoms with Gasteiger partial charge in [0.05, 0.1) is 0 Å². The minimum absolute atomic E-state index is 1.16. The molecule has 0 radical (unpaired) electrons. The van der Waals surface area contributed by atoms with Gasteiger partial charge in [-0.1, -0.05) is 122 Å². The Morgan fingerprint density at radius 2 is 0.846 bits per heavy atom. The quantitative estimate of drug-likeness (QED) is 0.150. The molecule has 0 aliphatic rings. The van der Waals surface area contributed by atoms with E-state index in [-0.39, 0.29) is 0 Å². The Morgan fingerprint density at radius 3 is 1.38 bits per heavy atom. The zero-order valence-corrected chi connectivity index (χ0v) is 18.5. The standard InChI is InChI=1S/C25H51N/c1-3-5-7-9-11-13-15-17-19-21-23-25-26-24-22-20-18-16-14-12-10-8-6-4-2/h19,21,26H,3-18,20,22-25H2,1-2H3/b21-19+. The van der Waals surface area contributed by atoms with Crippen LogP contribution in [0.2, 0.25) is 0 Å². The van der Waals surface area contributed by atoms with Crippen LogP contribution in [-0.4, -0.2) is 13.1 Å². The molecule has 0 amide bonds. The highest BCUT2D eigenvalue weighted by Crippen LogP contribution is 2.10. The normalized spacial score (nSPS) is 11.6. The van der Waals surface area contributed by atoms with Crippen molar-refractivity contribution in [2.45, 2.75) is 136 Å². The molecule has 0 spiro atoms. The SMILES string of the molecule is CCCCCCCCC/C=C/CCNCCCCCCCCCCCC. The number of nitrogens with one attached hydrogen (secondary N) is 1. The molecule has 26 heavy (non-hydrogen) atoms. The monoisotopic (exact) mass is 365 g/mol. The highest BCUT2D eigenvalue weighted by molar-refractivity contribution is 4.82. The van der Waals surface area contributed by atoms with E-state index in [9.17, 15) is 0 Å². The number of hydrogen-bond acceptors (Lipinski definition) is 1. The Hall–Kier alpha value is -0.300. The third-order valence-corrected chi connectivity index (χ3v) is 5.34. The lowest BCUT2D eigenvalue weighted by Gasteiger charge is -2.04. The van der Waals surface area contributed by atoms with Crippen molar-refractivity contribution in [1.82, 2.24) is 5.32 Å². The topological polar surface area (TPSA) is 12.0 Å². The summed E-state index contributed by atoms with van der Waals surface area (Å²) in [5.74, 6) is 0. The summed E-state index contributed by atoms with van der Waals surface area (Å²) in [6.07, 6.45) is 31.5. The second-order valence-corrected chi connectivity index (χ2v) is 8.10. The van der Waals surface area contributed by atoms with Crippen molar-refractivity contribution in [3.05, 3.63) is 12.2 Å². The van der Waals surface area contributed by atoms with Gasteiger partial charge in [0, 0.05) is 0 Å². The molecule has 0 aromatic heterocycles. The van der Waals surface area contributed by atoms with Gasteiger partial charge in [-0.3, -0.25) is 0 Å². The largest absolute Gasteiger partial charge is 0.316 e. The van der Waals surface area contributed by atoms with Crippen LogP contribution in [0, 0.1) is 0 Å². The summed E-state index contributed by atoms with van der Waals surface area (Å²) in [5, 5.41) is 3.59. The van der Waals surface area contributed by atoms with Crippen LogP contribution in [0.4, 0.5) is 0 Å². The van der Waals surface area contributed by atoms with Crippen LogP contribution in [-0.2, 0) is 0 Å². The van der Waals surface area contributed by atoms with Gasteiger partial charge in [0.2, 0.25) is 0 Å². The first-order valence-corrected chi connectivity index (χ1v) is 12.3. The van der Waals surface area contributed by atoms with Crippen LogP contribution >= 0.6 is 0 Å². The lowest BCUT2D eigenvalue weighted by atomic mass is 10.1. The van der Waals surface area contributed by atoms with E-state index in [1.54, 1.807) is 0 Å². The smallest absolute Gasteiger partial charge is 0.00143 e. The maximum Gasteiger partial charge on any atom is -0.00143 e. The molecule has 0 fully saturated rings. The molecule has 1 nitrogen and oxygen atoms in total. The van der Waals surface area contributed by atoms with E-state index in [0.717, 1.165) is 6.54 Å². The fraction of sp³-hybridized carbons (Fsp3) is 0.920. The Balaban J connectivity index is 3.04. The fourth-order valence-corrected chi connectivity index (χ4v) is 3.50. The van der Waals surface area contributed by atoms with Crippen LogP contribution in [0.5, 0.6) is 0 Å². The first kappa shape index (κ1) is 25.7. The molecule has 0 atom stereocenters. The van der Waals surface area contributed by atoms with Crippen molar-refractivity contribution in [3.8, 4) is 0 Å². The molecule has 0 saturated carbocycles. The fourth-order valence-electron chi connectivity index (χ4n) is 3.50. The number of unbranched alkanes of at least 4 members (excludes halogenated alkanes) is 16. The minimum Gasteiger partial charge on any atom is -0.316 e. The molecule has 156 valence electrons.